The van der Waals surface area contributed by atoms with E-state index in [0.717, 1.165) is 66.3 Å². The van der Waals surface area contributed by atoms with Crippen LogP contribution in [0.1, 0.15) is 0 Å². The Kier molecular flexibility index (Phi) is 10.9. The summed E-state index contributed by atoms with van der Waals surface area (Å²) in [6.45, 7) is 0. The van der Waals surface area contributed by atoms with Crippen molar-refractivity contribution in [3.63, 3.8) is 0 Å². The fraction of sp³-hybridized carbons (Fsp3) is 0.143. The molecule has 9 heteroatoms. The lowest BCUT2D eigenvalue weighted by Gasteiger charge is -2.21. The van der Waals surface area contributed by atoms with Crippen molar-refractivity contribution < 1.29 is 28.4 Å². The maximum absolute atomic E-state index is 6.47. The fourth-order valence-electron chi connectivity index (χ4n) is 6.19. The number of hydrogen-bond donors (Lipinski definition) is 0. The van der Waals surface area contributed by atoms with E-state index < -0.39 is 14.1 Å². The summed E-state index contributed by atoms with van der Waals surface area (Å²) >= 11 is 0. The zero-order valence-electron chi connectivity index (χ0n) is 29.6. The van der Waals surface area contributed by atoms with Crippen molar-refractivity contribution in [1.82, 2.24) is 4.17 Å². The molecule has 0 heterocycles. The second-order valence-corrected chi connectivity index (χ2v) is 17.9. The van der Waals surface area contributed by atoms with Crippen LogP contribution in [0.4, 0.5) is 0 Å². The lowest BCUT2D eigenvalue weighted by atomic mass is 10.3. The number of methoxy groups -OCH3 is 6. The lowest BCUT2D eigenvalue weighted by Crippen LogP contribution is -2.31. The Balaban J connectivity index is 1.98. The molecule has 0 amide bonds. The number of rotatable bonds is 12. The van der Waals surface area contributed by atoms with E-state index in [2.05, 4.69) is 72.8 Å². The third-order valence-electron chi connectivity index (χ3n) is 8.94. The SMILES string of the molecule is COc1ccc(P(=[N+]=P(c2ccc(OC)cc2)(c2ccc(OC)cc2)c2ccc(OC)cc2)(c2ccc(OC)cc2)c2ccc(OC)cc2)cc1. The largest absolute Gasteiger partial charge is 0.497 e. The van der Waals surface area contributed by atoms with Gasteiger partial charge in [-0.25, -0.2) is 0 Å². The first-order valence-corrected chi connectivity index (χ1v) is 19.8. The molecule has 0 aliphatic rings. The average Bonchev–Trinajstić information content (AvgIpc) is 3.22. The minimum Gasteiger partial charge on any atom is -0.497 e. The van der Waals surface area contributed by atoms with E-state index >= 15 is 0 Å². The summed E-state index contributed by atoms with van der Waals surface area (Å²) in [6, 6.07) is 50.0. The quantitative estimate of drug-likeness (QED) is 0.107. The van der Waals surface area contributed by atoms with Crippen molar-refractivity contribution in [3.05, 3.63) is 146 Å². The summed E-state index contributed by atoms with van der Waals surface area (Å²) in [5, 5.41) is 6.41. The van der Waals surface area contributed by atoms with Gasteiger partial charge in [-0.15, -0.1) is 4.17 Å². The van der Waals surface area contributed by atoms with E-state index in [1.54, 1.807) is 42.7 Å². The molecular weight excluding hydrogens is 676 g/mol. The maximum Gasteiger partial charge on any atom is 0.301 e. The zero-order valence-corrected chi connectivity index (χ0v) is 31.4. The molecule has 6 aromatic carbocycles. The van der Waals surface area contributed by atoms with Crippen LogP contribution < -0.4 is 64.4 Å². The Hall–Kier alpha value is -5.31. The first-order valence-electron chi connectivity index (χ1n) is 16.3. The van der Waals surface area contributed by atoms with Crippen molar-refractivity contribution in [2.24, 2.45) is 0 Å². The van der Waals surface area contributed by atoms with Gasteiger partial charge in [0.25, 0.3) is 0 Å². The van der Waals surface area contributed by atoms with Crippen LogP contribution in [0.3, 0.4) is 0 Å². The molecule has 0 spiro atoms. The molecule has 0 radical (unpaired) electrons. The van der Waals surface area contributed by atoms with E-state index in [1.165, 1.54) is 0 Å². The molecule has 0 atom stereocenters. The second kappa shape index (κ2) is 15.7. The van der Waals surface area contributed by atoms with E-state index in [9.17, 15) is 0 Å². The predicted octanol–water partition coefficient (Wildman–Crippen LogP) is 6.46. The molecule has 7 nitrogen and oxygen atoms in total. The predicted molar refractivity (Wildman–Crippen MR) is 212 cm³/mol. The number of hydrogen-bond acceptors (Lipinski definition) is 6. The molecule has 6 rings (SSSR count). The first kappa shape index (κ1) is 35.5. The second-order valence-electron chi connectivity index (χ2n) is 11.5. The fourth-order valence-corrected chi connectivity index (χ4v) is 15.6. The summed E-state index contributed by atoms with van der Waals surface area (Å²) in [7, 11) is 4.29. The number of nitrogens with zero attached hydrogens (tertiary/aromatic N) is 1. The topological polar surface area (TPSA) is 69.5 Å². The number of benzene rings is 6. The Labute approximate surface area is 300 Å². The van der Waals surface area contributed by atoms with Gasteiger partial charge in [0.1, 0.15) is 34.5 Å². The summed E-state index contributed by atoms with van der Waals surface area (Å²) in [6.07, 6.45) is 0. The summed E-state index contributed by atoms with van der Waals surface area (Å²) in [4.78, 5) is 0. The Morgan fingerprint density at radius 1 is 0.255 bits per heavy atom. The molecule has 0 unspecified atom stereocenters. The summed E-state index contributed by atoms with van der Waals surface area (Å²) in [5.41, 5.74) is 0. The van der Waals surface area contributed by atoms with Gasteiger partial charge < -0.3 is 28.4 Å². The van der Waals surface area contributed by atoms with Gasteiger partial charge in [0, 0.05) is 0 Å². The number of ether oxygens (including phenoxy) is 6. The van der Waals surface area contributed by atoms with Crippen molar-refractivity contribution >= 4 is 45.9 Å². The molecule has 51 heavy (non-hydrogen) atoms. The van der Waals surface area contributed by atoms with Gasteiger partial charge in [0.2, 0.25) is 0 Å². The third kappa shape index (κ3) is 6.89. The Bertz CT molecular complexity index is 1780. The van der Waals surface area contributed by atoms with Gasteiger partial charge in [-0.05, 0) is 146 Å². The molecule has 0 N–H and O–H groups in total. The van der Waals surface area contributed by atoms with Gasteiger partial charge in [0.05, 0.1) is 74.5 Å². The van der Waals surface area contributed by atoms with Crippen LogP contribution in [-0.2, 0) is 0 Å². The molecule has 0 saturated carbocycles. The molecular formula is C42H42NO6P2+. The highest BCUT2D eigenvalue weighted by atomic mass is 31.2. The monoisotopic (exact) mass is 718 g/mol. The summed E-state index contributed by atoms with van der Waals surface area (Å²) in [5.74, 6) is 4.60. The highest BCUT2D eigenvalue weighted by molar-refractivity contribution is 7.93. The maximum atomic E-state index is 6.47. The molecule has 0 aliphatic carbocycles. The van der Waals surface area contributed by atoms with E-state index in [4.69, 9.17) is 32.6 Å². The first-order chi connectivity index (χ1) is 24.9. The van der Waals surface area contributed by atoms with E-state index in [0.29, 0.717) is 0 Å². The highest BCUT2D eigenvalue weighted by Gasteiger charge is 2.45. The third-order valence-corrected chi connectivity index (χ3v) is 17.4. The normalized spacial score (nSPS) is 11.3. The molecule has 0 saturated heterocycles. The lowest BCUT2D eigenvalue weighted by molar-refractivity contribution is 0.415. The van der Waals surface area contributed by atoms with Crippen LogP contribution in [0.15, 0.2) is 146 Å². The standard InChI is InChI=1S/C42H42NO6P2/c1-44-31-7-19-37(20-8-31)50(38-21-9-32(45-2)10-22-38,39-23-11-33(46-3)12-24-39)43-51(40-25-13-34(47-4)14-26-40,41-27-15-35(48-5)16-28-41)42-29-17-36(49-6)18-30-42/h7-30H,1-6H3/q+1. The summed E-state index contributed by atoms with van der Waals surface area (Å²) < 4.78 is 40.4. The van der Waals surface area contributed by atoms with Crippen molar-refractivity contribution in [2.45, 2.75) is 0 Å². The molecule has 260 valence electrons. The van der Waals surface area contributed by atoms with Crippen molar-refractivity contribution in [3.8, 4) is 34.5 Å². The molecule has 6 aromatic rings. The minimum atomic E-state index is -2.90. The van der Waals surface area contributed by atoms with Gasteiger partial charge in [-0.1, -0.05) is 0 Å². The molecule has 0 bridgehead atoms. The van der Waals surface area contributed by atoms with Crippen molar-refractivity contribution in [2.75, 3.05) is 42.7 Å². The van der Waals surface area contributed by atoms with Gasteiger partial charge in [0.15, 0.2) is 0 Å². The molecule has 0 aromatic heterocycles. The van der Waals surface area contributed by atoms with Crippen LogP contribution >= 0.6 is 14.1 Å². The van der Waals surface area contributed by atoms with Crippen LogP contribution in [0.5, 0.6) is 34.5 Å². The average molecular weight is 719 g/mol. The van der Waals surface area contributed by atoms with E-state index in [-0.39, 0.29) is 0 Å². The Morgan fingerprint density at radius 3 is 0.510 bits per heavy atom. The van der Waals surface area contributed by atoms with Crippen LogP contribution in [0.25, 0.3) is 0 Å². The smallest absolute Gasteiger partial charge is 0.301 e. The van der Waals surface area contributed by atoms with Crippen LogP contribution in [-0.4, -0.2) is 42.7 Å². The van der Waals surface area contributed by atoms with Crippen LogP contribution in [0.2, 0.25) is 0 Å². The zero-order chi connectivity index (χ0) is 35.8. The van der Waals surface area contributed by atoms with Crippen molar-refractivity contribution in [1.29, 1.82) is 0 Å². The molecule has 0 aliphatic heterocycles. The van der Waals surface area contributed by atoms with Gasteiger partial charge >= 0.3 is 14.1 Å². The molecule has 0 fully saturated rings. The van der Waals surface area contributed by atoms with Gasteiger partial charge in [-0.3, -0.25) is 0 Å². The van der Waals surface area contributed by atoms with Gasteiger partial charge in [-0.2, -0.15) is 0 Å². The highest BCUT2D eigenvalue weighted by Crippen LogP contribution is 2.51. The van der Waals surface area contributed by atoms with Crippen LogP contribution in [0, 0.1) is 0 Å². The Morgan fingerprint density at radius 2 is 0.392 bits per heavy atom. The minimum absolute atomic E-state index is 0.767. The van der Waals surface area contributed by atoms with E-state index in [1.807, 2.05) is 72.8 Å².